The van der Waals surface area contributed by atoms with Gasteiger partial charge in [0.15, 0.2) is 5.78 Å². The van der Waals surface area contributed by atoms with Gasteiger partial charge in [0.25, 0.3) is 0 Å². The first-order chi connectivity index (χ1) is 10.1. The zero-order valence-electron chi connectivity index (χ0n) is 11.9. The molecule has 1 amide bonds. The summed E-state index contributed by atoms with van der Waals surface area (Å²) in [6.45, 7) is 1.26. The van der Waals surface area contributed by atoms with Gasteiger partial charge in [-0.15, -0.1) is 0 Å². The van der Waals surface area contributed by atoms with E-state index in [9.17, 15) is 14.0 Å². The number of nitrogens with one attached hydrogen (secondary N) is 1. The number of hydrogen-bond acceptors (Lipinski definition) is 3. The molecule has 2 rings (SSSR count). The summed E-state index contributed by atoms with van der Waals surface area (Å²) in [5, 5.41) is 2.79. The average molecular weight is 293 g/mol. The fraction of sp³-hybridized carbons (Fsp3) is 0.500. The highest BCUT2D eigenvalue weighted by Crippen LogP contribution is 2.12. The molecule has 1 fully saturated rings. The number of ether oxygens (including phenoxy) is 1. The van der Waals surface area contributed by atoms with Crippen molar-refractivity contribution in [3.05, 3.63) is 35.6 Å². The molecule has 0 unspecified atom stereocenters. The number of hydrogen-bond donors (Lipinski definition) is 1. The topological polar surface area (TPSA) is 55.4 Å². The first-order valence-corrected chi connectivity index (χ1v) is 7.32. The molecule has 1 saturated heterocycles. The lowest BCUT2D eigenvalue weighted by molar-refractivity contribution is -0.122. The molecule has 1 aromatic rings. The Morgan fingerprint density at radius 2 is 1.95 bits per heavy atom. The third-order valence-corrected chi connectivity index (χ3v) is 3.55. The summed E-state index contributed by atoms with van der Waals surface area (Å²) in [6, 6.07) is 5.36. The predicted octanol–water partition coefficient (Wildman–Crippen LogP) is 2.47. The van der Waals surface area contributed by atoms with Gasteiger partial charge in [0.05, 0.1) is 6.10 Å². The molecule has 1 heterocycles. The predicted molar refractivity (Wildman–Crippen MR) is 76.6 cm³/mol. The van der Waals surface area contributed by atoms with E-state index in [0.29, 0.717) is 12.1 Å². The van der Waals surface area contributed by atoms with Crippen molar-refractivity contribution in [1.82, 2.24) is 5.32 Å². The summed E-state index contributed by atoms with van der Waals surface area (Å²) in [5.74, 6) is -0.685. The van der Waals surface area contributed by atoms with Crippen LogP contribution in [0.2, 0.25) is 0 Å². The molecule has 0 radical (unpaired) electrons. The van der Waals surface area contributed by atoms with Crippen LogP contribution in [0.25, 0.3) is 0 Å². The first-order valence-electron chi connectivity index (χ1n) is 7.32. The number of carbonyl (C=O) groups excluding carboxylic acids is 2. The molecule has 0 aliphatic carbocycles. The van der Waals surface area contributed by atoms with Gasteiger partial charge in [-0.25, -0.2) is 4.39 Å². The number of carbonyl (C=O) groups is 2. The van der Waals surface area contributed by atoms with E-state index >= 15 is 0 Å². The van der Waals surface area contributed by atoms with E-state index in [1.54, 1.807) is 0 Å². The van der Waals surface area contributed by atoms with Crippen molar-refractivity contribution in [2.75, 3.05) is 13.2 Å². The lowest BCUT2D eigenvalue weighted by atomic mass is 10.1. The molecule has 1 aromatic carbocycles. The van der Waals surface area contributed by atoms with Crippen LogP contribution in [-0.2, 0) is 9.53 Å². The zero-order valence-corrected chi connectivity index (χ0v) is 11.9. The highest BCUT2D eigenvalue weighted by atomic mass is 19.1. The molecule has 5 heteroatoms. The SMILES string of the molecule is O=C(CCC(=O)c1ccc(F)cc1)NC[C@@H]1CCCCO1. The quantitative estimate of drug-likeness (QED) is 0.820. The summed E-state index contributed by atoms with van der Waals surface area (Å²) >= 11 is 0. The Morgan fingerprint density at radius 3 is 2.62 bits per heavy atom. The van der Waals surface area contributed by atoms with Crippen LogP contribution in [0, 0.1) is 5.82 Å². The lowest BCUT2D eigenvalue weighted by Crippen LogP contribution is -2.35. The Kier molecular flexibility index (Phi) is 5.87. The van der Waals surface area contributed by atoms with E-state index < -0.39 is 0 Å². The Morgan fingerprint density at radius 1 is 1.19 bits per heavy atom. The maximum absolute atomic E-state index is 12.8. The van der Waals surface area contributed by atoms with Crippen LogP contribution in [-0.4, -0.2) is 30.9 Å². The Bertz CT molecular complexity index is 481. The molecule has 1 aliphatic heterocycles. The lowest BCUT2D eigenvalue weighted by Gasteiger charge is -2.22. The largest absolute Gasteiger partial charge is 0.376 e. The molecule has 1 N–H and O–H groups in total. The minimum absolute atomic E-state index is 0.0931. The highest BCUT2D eigenvalue weighted by Gasteiger charge is 2.15. The Hall–Kier alpha value is -1.75. The second kappa shape index (κ2) is 7.88. The summed E-state index contributed by atoms with van der Waals surface area (Å²) in [6.07, 6.45) is 3.54. The number of halogens is 1. The van der Waals surface area contributed by atoms with Crippen molar-refractivity contribution in [3.8, 4) is 0 Å². The van der Waals surface area contributed by atoms with Gasteiger partial charge in [0.2, 0.25) is 5.91 Å². The van der Waals surface area contributed by atoms with Crippen LogP contribution in [0.1, 0.15) is 42.5 Å². The third-order valence-electron chi connectivity index (χ3n) is 3.55. The van der Waals surface area contributed by atoms with E-state index in [-0.39, 0.29) is 36.5 Å². The monoisotopic (exact) mass is 293 g/mol. The zero-order chi connectivity index (χ0) is 15.1. The molecular weight excluding hydrogens is 273 g/mol. The van der Waals surface area contributed by atoms with Gasteiger partial charge >= 0.3 is 0 Å². The standard InChI is InChI=1S/C16H20FNO3/c17-13-6-4-12(5-7-13)15(19)8-9-16(20)18-11-14-3-1-2-10-21-14/h4-7,14H,1-3,8-11H2,(H,18,20)/t14-/m0/s1. The van der Waals surface area contributed by atoms with Crippen molar-refractivity contribution in [2.24, 2.45) is 0 Å². The van der Waals surface area contributed by atoms with E-state index in [0.717, 1.165) is 25.9 Å². The molecule has 4 nitrogen and oxygen atoms in total. The van der Waals surface area contributed by atoms with E-state index in [4.69, 9.17) is 4.74 Å². The first kappa shape index (κ1) is 15.6. The van der Waals surface area contributed by atoms with Crippen LogP contribution in [0.4, 0.5) is 4.39 Å². The Labute approximate surface area is 123 Å². The third kappa shape index (κ3) is 5.27. The molecule has 0 spiro atoms. The van der Waals surface area contributed by atoms with Gasteiger partial charge in [-0.2, -0.15) is 0 Å². The van der Waals surface area contributed by atoms with Crippen LogP contribution >= 0.6 is 0 Å². The van der Waals surface area contributed by atoms with E-state index in [1.165, 1.54) is 24.3 Å². The summed E-state index contributed by atoms with van der Waals surface area (Å²) in [4.78, 5) is 23.5. The van der Waals surface area contributed by atoms with E-state index in [2.05, 4.69) is 5.32 Å². The number of amides is 1. The van der Waals surface area contributed by atoms with Crippen molar-refractivity contribution >= 4 is 11.7 Å². The van der Waals surface area contributed by atoms with Gasteiger partial charge in [-0.05, 0) is 43.5 Å². The van der Waals surface area contributed by atoms with Crippen LogP contribution < -0.4 is 5.32 Å². The molecule has 0 bridgehead atoms. The molecule has 114 valence electrons. The van der Waals surface area contributed by atoms with Crippen molar-refractivity contribution in [1.29, 1.82) is 0 Å². The molecule has 1 atom stereocenters. The second-order valence-corrected chi connectivity index (χ2v) is 5.22. The summed E-state index contributed by atoms with van der Waals surface area (Å²) < 4.78 is 18.3. The molecule has 21 heavy (non-hydrogen) atoms. The van der Waals surface area contributed by atoms with E-state index in [1.807, 2.05) is 0 Å². The van der Waals surface area contributed by atoms with Crippen LogP contribution in [0.15, 0.2) is 24.3 Å². The highest BCUT2D eigenvalue weighted by molar-refractivity contribution is 5.97. The molecule has 1 aliphatic rings. The smallest absolute Gasteiger partial charge is 0.220 e. The normalized spacial score (nSPS) is 18.2. The maximum atomic E-state index is 12.8. The van der Waals surface area contributed by atoms with Gasteiger partial charge in [-0.1, -0.05) is 0 Å². The number of benzene rings is 1. The summed E-state index contributed by atoms with van der Waals surface area (Å²) in [7, 11) is 0. The molecule has 0 aromatic heterocycles. The maximum Gasteiger partial charge on any atom is 0.220 e. The van der Waals surface area contributed by atoms with Crippen LogP contribution in [0.3, 0.4) is 0 Å². The number of ketones is 1. The van der Waals surface area contributed by atoms with Crippen LogP contribution in [0.5, 0.6) is 0 Å². The van der Waals surface area contributed by atoms with Gasteiger partial charge in [-0.3, -0.25) is 9.59 Å². The fourth-order valence-corrected chi connectivity index (χ4v) is 2.29. The number of Topliss-reactive ketones (excluding diaryl/α,β-unsaturated/α-hetero) is 1. The average Bonchev–Trinajstić information content (AvgIpc) is 2.52. The van der Waals surface area contributed by atoms with Crippen molar-refractivity contribution < 1.29 is 18.7 Å². The second-order valence-electron chi connectivity index (χ2n) is 5.22. The summed E-state index contributed by atoms with van der Waals surface area (Å²) in [5.41, 5.74) is 0.430. The Balaban J connectivity index is 1.68. The molecule has 0 saturated carbocycles. The fourth-order valence-electron chi connectivity index (χ4n) is 2.29. The van der Waals surface area contributed by atoms with Gasteiger partial charge in [0, 0.05) is 31.6 Å². The minimum atomic E-state index is -0.378. The van der Waals surface area contributed by atoms with Crippen molar-refractivity contribution in [2.45, 2.75) is 38.2 Å². The van der Waals surface area contributed by atoms with Gasteiger partial charge in [0.1, 0.15) is 5.82 Å². The van der Waals surface area contributed by atoms with Crippen molar-refractivity contribution in [3.63, 3.8) is 0 Å². The molecular formula is C16H20FNO3. The number of rotatable bonds is 6. The minimum Gasteiger partial charge on any atom is -0.376 e. The van der Waals surface area contributed by atoms with Gasteiger partial charge < -0.3 is 10.1 Å².